The van der Waals surface area contributed by atoms with E-state index in [-0.39, 0.29) is 23.3 Å². The monoisotopic (exact) mass is 470 g/mol. The number of hydrogen-bond donors (Lipinski definition) is 3. The zero-order valence-corrected chi connectivity index (χ0v) is 19.3. The molecule has 5 fully saturated rings. The number of amides is 2. The molecule has 8 nitrogen and oxygen atoms in total. The maximum atomic E-state index is 13.2. The molecule has 4 bridgehead atoms. The number of nitrogens with two attached hydrogens (primary N) is 1. The minimum atomic E-state index is -3.86. The zero-order valence-electron chi connectivity index (χ0n) is 18.4. The van der Waals surface area contributed by atoms with Crippen LogP contribution in [0.15, 0.2) is 41.4 Å². The smallest absolute Gasteiger partial charge is 0.243 e. The third-order valence-electron chi connectivity index (χ3n) is 7.92. The van der Waals surface area contributed by atoms with E-state index < -0.39 is 15.6 Å². The first-order valence-electron chi connectivity index (χ1n) is 11.7. The number of hydrogen-bond acceptors (Lipinski definition) is 5. The second-order valence-corrected chi connectivity index (χ2v) is 11.7. The van der Waals surface area contributed by atoms with Gasteiger partial charge in [-0.3, -0.25) is 14.6 Å². The van der Waals surface area contributed by atoms with Crippen molar-refractivity contribution in [2.24, 2.45) is 29.4 Å². The molecule has 0 spiro atoms. The molecule has 2 aromatic rings. The van der Waals surface area contributed by atoms with Gasteiger partial charge >= 0.3 is 0 Å². The Hall–Kier alpha value is -2.52. The molecule has 5 aliphatic rings. The van der Waals surface area contributed by atoms with Crippen molar-refractivity contribution in [3.63, 3.8) is 0 Å². The molecule has 4 N–H and O–H groups in total. The van der Waals surface area contributed by atoms with Crippen LogP contribution in [0, 0.1) is 23.7 Å². The van der Waals surface area contributed by atoms with Gasteiger partial charge in [-0.1, -0.05) is 18.2 Å². The number of nitrogens with zero attached hydrogens (tertiary/aromatic N) is 1. The molecule has 7 rings (SSSR count). The van der Waals surface area contributed by atoms with E-state index in [0.717, 1.165) is 17.2 Å². The summed E-state index contributed by atoms with van der Waals surface area (Å²) in [5.74, 6) is 2.68. The fourth-order valence-electron chi connectivity index (χ4n) is 6.56. The van der Waals surface area contributed by atoms with Crippen LogP contribution >= 0.6 is 0 Å². The zero-order chi connectivity index (χ0) is 23.2. The normalized spacial score (nSPS) is 30.8. The molecular formula is C24H30N4O4S. The van der Waals surface area contributed by atoms with Gasteiger partial charge in [-0.25, -0.2) is 8.42 Å². The number of primary amides is 1. The van der Waals surface area contributed by atoms with Crippen molar-refractivity contribution < 1.29 is 18.0 Å². The number of rotatable bonds is 5. The van der Waals surface area contributed by atoms with E-state index in [9.17, 15) is 13.2 Å². The minimum Gasteiger partial charge on any atom is -0.372 e. The summed E-state index contributed by atoms with van der Waals surface area (Å²) < 4.78 is 29.2. The van der Waals surface area contributed by atoms with Crippen LogP contribution in [0.2, 0.25) is 0 Å². The Labute approximate surface area is 193 Å². The van der Waals surface area contributed by atoms with Gasteiger partial charge in [0, 0.05) is 17.6 Å². The lowest BCUT2D eigenvalue weighted by atomic mass is 9.54. The van der Waals surface area contributed by atoms with Crippen LogP contribution in [0.1, 0.15) is 44.9 Å². The van der Waals surface area contributed by atoms with Crippen molar-refractivity contribution in [2.75, 3.05) is 0 Å². The van der Waals surface area contributed by atoms with Crippen molar-refractivity contribution >= 4 is 33.2 Å². The highest BCUT2D eigenvalue weighted by Gasteiger charge is 2.55. The highest BCUT2D eigenvalue weighted by Crippen LogP contribution is 2.54. The summed E-state index contributed by atoms with van der Waals surface area (Å²) in [6.07, 6.45) is 9.18. The molecule has 0 aliphatic heterocycles. The molecule has 2 amide bonds. The molecule has 0 unspecified atom stereocenters. The highest BCUT2D eigenvalue weighted by atomic mass is 32.2. The van der Waals surface area contributed by atoms with Crippen molar-refractivity contribution in [1.29, 1.82) is 0 Å². The highest BCUT2D eigenvalue weighted by molar-refractivity contribution is 7.89. The molecule has 0 radical (unpaired) electrons. The van der Waals surface area contributed by atoms with E-state index in [4.69, 9.17) is 4.79 Å². The van der Waals surface area contributed by atoms with E-state index in [1.54, 1.807) is 24.4 Å². The minimum absolute atomic E-state index is 0.134. The lowest BCUT2D eigenvalue weighted by Crippen LogP contribution is -2.59. The molecule has 5 aliphatic carbocycles. The molecule has 5 saturated carbocycles. The number of nitrogens with one attached hydrogen (secondary N) is 2. The second kappa shape index (κ2) is 8.36. The van der Waals surface area contributed by atoms with Gasteiger partial charge in [0.15, 0.2) is 0 Å². The van der Waals surface area contributed by atoms with Crippen molar-refractivity contribution in [3.8, 4) is 0 Å². The summed E-state index contributed by atoms with van der Waals surface area (Å²) >= 11 is 0. The van der Waals surface area contributed by atoms with Gasteiger partial charge in [0.1, 0.15) is 10.4 Å². The lowest BCUT2D eigenvalue weighted by Gasteiger charge is -2.54. The summed E-state index contributed by atoms with van der Waals surface area (Å²) in [5, 5.41) is 4.06. The molecule has 33 heavy (non-hydrogen) atoms. The Morgan fingerprint density at radius 1 is 1.03 bits per heavy atom. The van der Waals surface area contributed by atoms with Crippen molar-refractivity contribution in [3.05, 3.63) is 36.5 Å². The third-order valence-corrected chi connectivity index (χ3v) is 9.49. The largest absolute Gasteiger partial charge is 0.372 e. The van der Waals surface area contributed by atoms with Crippen LogP contribution in [0.3, 0.4) is 0 Å². The third kappa shape index (κ3) is 4.12. The number of sulfonamides is 1. The van der Waals surface area contributed by atoms with E-state index in [1.807, 2.05) is 12.1 Å². The predicted molar refractivity (Wildman–Crippen MR) is 123 cm³/mol. The second-order valence-electron chi connectivity index (χ2n) is 10.1. The van der Waals surface area contributed by atoms with Crippen LogP contribution in [0.25, 0.3) is 10.9 Å². The molecular weight excluding hydrogens is 440 g/mol. The number of aromatic nitrogens is 1. The standard InChI is InChI=1S/C23H27N3O3S.CH3NO/c27-22(25-20-17-10-14-9-15(12-17)13-18(20)11-14)23(6-7-23)26-30(28,29)19-5-1-3-16-4-2-8-24-21(16)19;2-1-3/h1-5,8,14-15,17-18,20,26H,6-7,9-13H2,(H,25,27);1H,(H2,2,3). The topological polar surface area (TPSA) is 131 Å². The van der Waals surface area contributed by atoms with Crippen molar-refractivity contribution in [2.45, 2.75) is 61.4 Å². The molecule has 0 atom stereocenters. The molecule has 176 valence electrons. The number of fused-ring (bicyclic) bond motifs is 1. The van der Waals surface area contributed by atoms with Crippen LogP contribution < -0.4 is 15.8 Å². The van der Waals surface area contributed by atoms with Gasteiger partial charge in [0.05, 0.1) is 5.52 Å². The molecule has 9 heteroatoms. The average Bonchev–Trinajstić information content (AvgIpc) is 3.56. The summed E-state index contributed by atoms with van der Waals surface area (Å²) in [7, 11) is -3.86. The quantitative estimate of drug-likeness (QED) is 0.576. The van der Waals surface area contributed by atoms with Crippen LogP contribution in [0.4, 0.5) is 0 Å². The fraction of sp³-hybridized carbons (Fsp3) is 0.542. The molecule has 1 aromatic heterocycles. The Kier molecular flexibility index (Phi) is 5.64. The number of benzene rings is 1. The van der Waals surface area contributed by atoms with Gasteiger partial charge in [-0.2, -0.15) is 4.72 Å². The van der Waals surface area contributed by atoms with Gasteiger partial charge in [-0.15, -0.1) is 0 Å². The van der Waals surface area contributed by atoms with Gasteiger partial charge in [0.25, 0.3) is 0 Å². The van der Waals surface area contributed by atoms with Crippen LogP contribution in [-0.2, 0) is 19.6 Å². The van der Waals surface area contributed by atoms with Crippen LogP contribution in [0.5, 0.6) is 0 Å². The first-order chi connectivity index (χ1) is 15.8. The number of carbonyl (C=O) groups is 2. The van der Waals surface area contributed by atoms with E-state index in [2.05, 4.69) is 20.8 Å². The molecule has 1 aromatic carbocycles. The van der Waals surface area contributed by atoms with Crippen LogP contribution in [-0.4, -0.2) is 37.3 Å². The van der Waals surface area contributed by atoms with Gasteiger partial charge in [-0.05, 0) is 80.8 Å². The lowest BCUT2D eigenvalue weighted by molar-refractivity contribution is -0.127. The van der Waals surface area contributed by atoms with E-state index in [1.165, 1.54) is 32.1 Å². The SMILES string of the molecule is NC=O.O=C(NC1C2CC3CC(C2)CC1C3)C1(NS(=O)(=O)c2cccc3cccnc23)CC1. The summed E-state index contributed by atoms with van der Waals surface area (Å²) in [6.45, 7) is 0. The first kappa shape index (κ1) is 22.3. The van der Waals surface area contributed by atoms with Gasteiger partial charge < -0.3 is 11.1 Å². The first-order valence-corrected chi connectivity index (χ1v) is 13.2. The number of pyridine rings is 1. The number of carbonyl (C=O) groups excluding carboxylic acids is 2. The molecule has 0 saturated heterocycles. The molecule has 1 heterocycles. The summed E-state index contributed by atoms with van der Waals surface area (Å²) in [4.78, 5) is 26.2. The summed E-state index contributed by atoms with van der Waals surface area (Å²) in [6, 6.07) is 8.95. The Morgan fingerprint density at radius 2 is 1.64 bits per heavy atom. The maximum Gasteiger partial charge on any atom is 0.243 e. The summed E-state index contributed by atoms with van der Waals surface area (Å²) in [5.41, 5.74) is 3.59. The van der Waals surface area contributed by atoms with E-state index >= 15 is 0 Å². The maximum absolute atomic E-state index is 13.2. The fourth-order valence-corrected chi connectivity index (χ4v) is 8.16. The number of para-hydroxylation sites is 1. The van der Waals surface area contributed by atoms with Crippen molar-refractivity contribution in [1.82, 2.24) is 15.0 Å². The Bertz CT molecular complexity index is 1140. The average molecular weight is 471 g/mol. The predicted octanol–water partition coefficient (Wildman–Crippen LogP) is 2.09. The van der Waals surface area contributed by atoms with Gasteiger partial charge in [0.2, 0.25) is 22.3 Å². The van der Waals surface area contributed by atoms with E-state index in [0.29, 0.717) is 30.2 Å². The Morgan fingerprint density at radius 3 is 2.24 bits per heavy atom. The Balaban J connectivity index is 0.000000724.